The van der Waals surface area contributed by atoms with Gasteiger partial charge in [-0.2, -0.15) is 0 Å². The first-order valence-electron chi connectivity index (χ1n) is 15.4. The van der Waals surface area contributed by atoms with E-state index < -0.39 is 6.10 Å². The molecule has 0 saturated carbocycles. The molecule has 2 atom stereocenters. The predicted octanol–water partition coefficient (Wildman–Crippen LogP) is 7.72. The molecule has 1 aliphatic rings. The van der Waals surface area contributed by atoms with Crippen LogP contribution in [0.4, 0.5) is 0 Å². The lowest BCUT2D eigenvalue weighted by Crippen LogP contribution is -2.09. The number of epoxide rings is 1. The molecule has 0 aliphatic carbocycles. The van der Waals surface area contributed by atoms with Gasteiger partial charge < -0.3 is 47.2 Å². The number of carbonyl (C=O) groups is 1. The van der Waals surface area contributed by atoms with Gasteiger partial charge in [-0.05, 0) is 59.7 Å². The van der Waals surface area contributed by atoms with E-state index in [4.69, 9.17) is 47.2 Å². The summed E-state index contributed by atoms with van der Waals surface area (Å²) in [6, 6.07) is 22.1. The van der Waals surface area contributed by atoms with Crippen molar-refractivity contribution in [2.24, 2.45) is 0 Å². The molecule has 4 aromatic carbocycles. The number of carbonyl (C=O) groups excluding carboxylic acids is 1. The highest BCUT2D eigenvalue weighted by Crippen LogP contribution is 2.45. The normalized spacial score (nSPS) is 14.1. The Hall–Kier alpha value is -5.88. The molecule has 51 heavy (non-hydrogen) atoms. The zero-order valence-corrected chi connectivity index (χ0v) is 29.1. The van der Waals surface area contributed by atoms with Crippen molar-refractivity contribution < 1.29 is 51.9 Å². The molecule has 0 radical (unpaired) electrons. The molecule has 270 valence electrons. The average molecular weight is 702 g/mol. The van der Waals surface area contributed by atoms with Crippen LogP contribution < -0.4 is 37.9 Å². The molecule has 1 saturated heterocycles. The maximum absolute atomic E-state index is 12.7. The van der Waals surface area contributed by atoms with E-state index in [-0.39, 0.29) is 19.3 Å². The number of ether oxygens (including phenoxy) is 9. The quantitative estimate of drug-likeness (QED) is 0.0880. The van der Waals surface area contributed by atoms with Crippen LogP contribution in [0.5, 0.6) is 46.0 Å². The molecule has 2 unspecified atom stereocenters. The maximum Gasteiger partial charge on any atom is 0.203 e. The SMILES string of the molecule is C.COc1ccc(-c2cnoc2-c2cc(OC)c(OC)c(OC)c2)cc1.COc1ccc(C2OC2C(=O)c2cc(OC)c(OC)c(OC)c2)cc1. The third-order valence-electron chi connectivity index (χ3n) is 8.04. The van der Waals surface area contributed by atoms with E-state index >= 15 is 0 Å². The Morgan fingerprint density at radius 3 is 1.51 bits per heavy atom. The van der Waals surface area contributed by atoms with Crippen molar-refractivity contribution in [3.05, 3.63) is 90.1 Å². The van der Waals surface area contributed by atoms with Gasteiger partial charge >= 0.3 is 0 Å². The van der Waals surface area contributed by atoms with E-state index in [0.717, 1.165) is 33.8 Å². The van der Waals surface area contributed by atoms with Crippen molar-refractivity contribution in [2.45, 2.75) is 19.6 Å². The van der Waals surface area contributed by atoms with Crippen LogP contribution >= 0.6 is 0 Å². The van der Waals surface area contributed by atoms with Gasteiger partial charge in [0.25, 0.3) is 0 Å². The molecule has 1 aromatic heterocycles. The summed E-state index contributed by atoms with van der Waals surface area (Å²) in [7, 11) is 12.5. The smallest absolute Gasteiger partial charge is 0.203 e. The minimum atomic E-state index is -0.517. The summed E-state index contributed by atoms with van der Waals surface area (Å²) < 4.78 is 53.5. The van der Waals surface area contributed by atoms with Crippen LogP contribution in [0.15, 0.2) is 83.5 Å². The molecular formula is C39H43NO11. The van der Waals surface area contributed by atoms with Crippen molar-refractivity contribution in [3.8, 4) is 68.4 Å². The van der Waals surface area contributed by atoms with E-state index in [2.05, 4.69) is 5.16 Å². The highest BCUT2D eigenvalue weighted by molar-refractivity contribution is 6.02. The lowest BCUT2D eigenvalue weighted by atomic mass is 10.0. The zero-order chi connectivity index (χ0) is 35.8. The number of hydrogen-bond donors (Lipinski definition) is 0. The molecule has 12 nitrogen and oxygen atoms in total. The van der Waals surface area contributed by atoms with Gasteiger partial charge in [0.1, 0.15) is 17.6 Å². The van der Waals surface area contributed by atoms with Crippen LogP contribution in [0.3, 0.4) is 0 Å². The third-order valence-corrected chi connectivity index (χ3v) is 8.04. The van der Waals surface area contributed by atoms with Crippen molar-refractivity contribution in [1.29, 1.82) is 0 Å². The van der Waals surface area contributed by atoms with E-state index in [9.17, 15) is 4.79 Å². The summed E-state index contributed by atoms with van der Waals surface area (Å²) >= 11 is 0. The number of aromatic nitrogens is 1. The molecule has 6 rings (SSSR count). The summed E-state index contributed by atoms with van der Waals surface area (Å²) in [6.07, 6.45) is 0.911. The largest absolute Gasteiger partial charge is 0.497 e. The first kappa shape index (κ1) is 37.9. The van der Waals surface area contributed by atoms with Gasteiger partial charge in [0.2, 0.25) is 11.5 Å². The van der Waals surface area contributed by atoms with Gasteiger partial charge in [-0.15, -0.1) is 0 Å². The first-order valence-corrected chi connectivity index (χ1v) is 15.4. The third kappa shape index (κ3) is 8.13. The standard InChI is InChI=1S/C19H19NO5.C19H20O6.CH4/c1-21-14-7-5-12(6-8-14)15-11-20-25-18(15)13-9-16(22-2)19(24-4)17(10-13)23-3;1-21-13-7-5-11(6-8-13)17-19(25-17)16(20)12-9-14(22-2)18(24-4)15(10-12)23-3;/h5-11H,1-4H3;5-10,17,19H,1-4H3;1H4. The Morgan fingerprint density at radius 1 is 0.588 bits per heavy atom. The fraction of sp³-hybridized carbons (Fsp3) is 0.282. The molecule has 5 aromatic rings. The molecule has 0 amide bonds. The van der Waals surface area contributed by atoms with Crippen LogP contribution in [-0.4, -0.2) is 73.9 Å². The molecule has 12 heteroatoms. The van der Waals surface area contributed by atoms with Crippen LogP contribution in [0.25, 0.3) is 22.5 Å². The second kappa shape index (κ2) is 17.2. The molecule has 1 fully saturated rings. The molecule has 0 bridgehead atoms. The van der Waals surface area contributed by atoms with E-state index in [0.29, 0.717) is 45.8 Å². The number of benzene rings is 4. The van der Waals surface area contributed by atoms with Crippen LogP contribution in [-0.2, 0) is 4.74 Å². The topological polar surface area (TPSA) is 129 Å². The Labute approximate surface area is 297 Å². The van der Waals surface area contributed by atoms with Crippen LogP contribution in [0.2, 0.25) is 0 Å². The predicted molar refractivity (Wildman–Crippen MR) is 191 cm³/mol. The van der Waals surface area contributed by atoms with Crippen molar-refractivity contribution in [3.63, 3.8) is 0 Å². The highest BCUT2D eigenvalue weighted by atomic mass is 16.6. The maximum atomic E-state index is 12.7. The van der Waals surface area contributed by atoms with Gasteiger partial charge in [0.15, 0.2) is 40.6 Å². The monoisotopic (exact) mass is 701 g/mol. The van der Waals surface area contributed by atoms with Gasteiger partial charge in [-0.1, -0.05) is 36.8 Å². The second-order valence-electron chi connectivity index (χ2n) is 10.7. The average Bonchev–Trinajstić information content (AvgIpc) is 3.83. The summed E-state index contributed by atoms with van der Waals surface area (Å²) in [5.41, 5.74) is 3.99. The number of hydrogen-bond acceptors (Lipinski definition) is 12. The van der Waals surface area contributed by atoms with E-state index in [1.54, 1.807) is 53.9 Å². The molecule has 0 spiro atoms. The van der Waals surface area contributed by atoms with E-state index in [1.807, 2.05) is 60.7 Å². The summed E-state index contributed by atoms with van der Waals surface area (Å²) in [4.78, 5) is 12.7. The van der Waals surface area contributed by atoms with Crippen LogP contribution in [0.1, 0.15) is 29.5 Å². The molecule has 2 heterocycles. The summed E-state index contributed by atoms with van der Waals surface area (Å²) in [5.74, 6) is 4.99. The number of Topliss-reactive ketones (excluding diaryl/α,β-unsaturated/α-hetero) is 1. The van der Waals surface area contributed by atoms with Crippen LogP contribution in [0, 0.1) is 0 Å². The fourth-order valence-corrected chi connectivity index (χ4v) is 5.38. The lowest BCUT2D eigenvalue weighted by Gasteiger charge is -2.13. The first-order chi connectivity index (χ1) is 24.3. The Morgan fingerprint density at radius 2 is 1.06 bits per heavy atom. The zero-order valence-electron chi connectivity index (χ0n) is 29.1. The Kier molecular flexibility index (Phi) is 12.8. The van der Waals surface area contributed by atoms with E-state index in [1.165, 1.54) is 21.3 Å². The number of nitrogens with zero attached hydrogens (tertiary/aromatic N) is 1. The van der Waals surface area contributed by atoms with Crippen molar-refractivity contribution in [1.82, 2.24) is 5.16 Å². The lowest BCUT2D eigenvalue weighted by molar-refractivity contribution is 0.0953. The number of rotatable bonds is 13. The van der Waals surface area contributed by atoms with Crippen molar-refractivity contribution >= 4 is 5.78 Å². The minimum absolute atomic E-state index is 0. The summed E-state index contributed by atoms with van der Waals surface area (Å²) in [5, 5.41) is 3.95. The minimum Gasteiger partial charge on any atom is -0.497 e. The van der Waals surface area contributed by atoms with Crippen molar-refractivity contribution in [2.75, 3.05) is 56.9 Å². The molecule has 0 N–H and O–H groups in total. The summed E-state index contributed by atoms with van der Waals surface area (Å²) in [6.45, 7) is 0. The van der Waals surface area contributed by atoms with Gasteiger partial charge in [0.05, 0.1) is 63.1 Å². The molecular weight excluding hydrogens is 658 g/mol. The Bertz CT molecular complexity index is 1850. The molecule has 1 aliphatic heterocycles. The number of methoxy groups -OCH3 is 8. The fourth-order valence-electron chi connectivity index (χ4n) is 5.38. The van der Waals surface area contributed by atoms with Gasteiger partial charge in [-0.3, -0.25) is 4.79 Å². The number of ketones is 1. The van der Waals surface area contributed by atoms with Gasteiger partial charge in [-0.25, -0.2) is 0 Å². The van der Waals surface area contributed by atoms with Gasteiger partial charge in [0, 0.05) is 16.7 Å². The highest BCUT2D eigenvalue weighted by Gasteiger charge is 2.46. The second-order valence-corrected chi connectivity index (χ2v) is 10.7. The Balaban J connectivity index is 0.000000224.